The monoisotopic (exact) mass is 373 g/mol. The molecular formula is C15H14F3N3O3S. The van der Waals surface area contributed by atoms with Gasteiger partial charge >= 0.3 is 12.6 Å². The number of carbonyl (C=O) groups excluding carboxylic acids is 1. The number of aromatic nitrogens is 1. The maximum absolute atomic E-state index is 13.1. The molecule has 0 aliphatic rings. The summed E-state index contributed by atoms with van der Waals surface area (Å²) in [7, 11) is 0. The first-order valence-corrected chi connectivity index (χ1v) is 7.99. The van der Waals surface area contributed by atoms with Gasteiger partial charge in [-0.2, -0.15) is 13.9 Å². The third kappa shape index (κ3) is 6.07. The van der Waals surface area contributed by atoms with Crippen LogP contribution in [0.4, 0.5) is 18.3 Å². The highest BCUT2D eigenvalue weighted by Gasteiger charge is 2.10. The molecule has 0 bridgehead atoms. The van der Waals surface area contributed by atoms with Gasteiger partial charge in [0.25, 0.3) is 0 Å². The van der Waals surface area contributed by atoms with E-state index < -0.39 is 12.4 Å². The fraction of sp³-hybridized carbons (Fsp3) is 0.267. The Morgan fingerprint density at radius 3 is 3.00 bits per heavy atom. The first-order valence-electron chi connectivity index (χ1n) is 7.11. The molecule has 0 atom stereocenters. The van der Waals surface area contributed by atoms with Crippen molar-refractivity contribution in [3.63, 3.8) is 0 Å². The highest BCUT2D eigenvalue weighted by molar-refractivity contribution is 7.13. The van der Waals surface area contributed by atoms with E-state index in [4.69, 9.17) is 4.74 Å². The van der Waals surface area contributed by atoms with Crippen LogP contribution in [0.25, 0.3) is 0 Å². The standard InChI is InChI=1S/C15H14F3N3O3S/c1-2-23-13(22)6-11-8-25-15(20-11)21-19-7-9-3-4-10(16)5-12(9)24-14(17)18/h3-5,7-8,14H,2,6H2,1H3,(H,20,21). The smallest absolute Gasteiger partial charge is 0.387 e. The second-order valence-corrected chi connectivity index (χ2v) is 5.41. The molecule has 0 radical (unpaired) electrons. The molecule has 1 aromatic heterocycles. The Hall–Kier alpha value is -2.62. The zero-order chi connectivity index (χ0) is 18.2. The van der Waals surface area contributed by atoms with E-state index in [2.05, 4.69) is 20.2 Å². The van der Waals surface area contributed by atoms with Crippen LogP contribution < -0.4 is 10.2 Å². The number of alkyl halides is 2. The molecule has 0 fully saturated rings. The zero-order valence-electron chi connectivity index (χ0n) is 13.0. The van der Waals surface area contributed by atoms with Gasteiger partial charge in [0.1, 0.15) is 11.6 Å². The summed E-state index contributed by atoms with van der Waals surface area (Å²) in [5, 5.41) is 5.91. The number of esters is 1. The Labute approximate surface area is 145 Å². The predicted octanol–water partition coefficient (Wildman–Crippen LogP) is 3.44. The maximum Gasteiger partial charge on any atom is 0.387 e. The zero-order valence-corrected chi connectivity index (χ0v) is 13.9. The van der Waals surface area contributed by atoms with E-state index in [0.717, 1.165) is 12.1 Å². The van der Waals surface area contributed by atoms with E-state index in [1.165, 1.54) is 23.6 Å². The Morgan fingerprint density at radius 2 is 2.28 bits per heavy atom. The van der Waals surface area contributed by atoms with Crippen LogP contribution in [0.1, 0.15) is 18.2 Å². The average molecular weight is 373 g/mol. The minimum absolute atomic E-state index is 0.0417. The summed E-state index contributed by atoms with van der Waals surface area (Å²) < 4.78 is 46.8. The second-order valence-electron chi connectivity index (χ2n) is 4.56. The van der Waals surface area contributed by atoms with Crippen LogP contribution in [0, 0.1) is 5.82 Å². The van der Waals surface area contributed by atoms with Crippen LogP contribution in [0.5, 0.6) is 5.75 Å². The summed E-state index contributed by atoms with van der Waals surface area (Å²) in [6.07, 6.45) is 1.24. The van der Waals surface area contributed by atoms with E-state index in [9.17, 15) is 18.0 Å². The Kier molecular flexibility index (Phi) is 6.75. The normalized spacial score (nSPS) is 11.1. The number of hydrogen-bond donors (Lipinski definition) is 1. The average Bonchev–Trinajstić information content (AvgIpc) is 2.96. The SMILES string of the molecule is CCOC(=O)Cc1csc(NN=Cc2ccc(F)cc2OC(F)F)n1. The summed E-state index contributed by atoms with van der Waals surface area (Å²) >= 11 is 1.21. The molecule has 0 saturated heterocycles. The van der Waals surface area contributed by atoms with E-state index in [-0.39, 0.29) is 23.7 Å². The van der Waals surface area contributed by atoms with Crippen LogP contribution in [0.15, 0.2) is 28.7 Å². The number of thiazole rings is 1. The molecule has 6 nitrogen and oxygen atoms in total. The molecule has 1 aromatic carbocycles. The van der Waals surface area contributed by atoms with E-state index >= 15 is 0 Å². The Balaban J connectivity index is 1.99. The number of hydrogen-bond acceptors (Lipinski definition) is 7. The number of carbonyl (C=O) groups is 1. The summed E-state index contributed by atoms with van der Waals surface area (Å²) in [6, 6.07) is 3.20. The van der Waals surface area contributed by atoms with Gasteiger partial charge in [-0.15, -0.1) is 11.3 Å². The number of halogens is 3. The van der Waals surface area contributed by atoms with Gasteiger partial charge in [-0.25, -0.2) is 9.37 Å². The van der Waals surface area contributed by atoms with E-state index in [1.54, 1.807) is 12.3 Å². The minimum Gasteiger partial charge on any atom is -0.466 e. The van der Waals surface area contributed by atoms with Gasteiger partial charge in [0.15, 0.2) is 0 Å². The van der Waals surface area contributed by atoms with Crippen molar-refractivity contribution in [3.8, 4) is 5.75 Å². The number of anilines is 1. The van der Waals surface area contributed by atoms with Crippen LogP contribution in [0.2, 0.25) is 0 Å². The van der Waals surface area contributed by atoms with Crippen LogP contribution in [-0.4, -0.2) is 30.4 Å². The lowest BCUT2D eigenvalue weighted by Crippen LogP contribution is -2.07. The van der Waals surface area contributed by atoms with Crippen LogP contribution in [0.3, 0.4) is 0 Å². The summed E-state index contributed by atoms with van der Waals surface area (Å²) in [4.78, 5) is 15.5. The lowest BCUT2D eigenvalue weighted by Gasteiger charge is -2.07. The van der Waals surface area contributed by atoms with Crippen molar-refractivity contribution < 1.29 is 27.4 Å². The van der Waals surface area contributed by atoms with Gasteiger partial charge in [0.2, 0.25) is 5.13 Å². The summed E-state index contributed by atoms with van der Waals surface area (Å²) in [6.45, 7) is -1.08. The fourth-order valence-corrected chi connectivity index (χ4v) is 2.43. The first-order chi connectivity index (χ1) is 12.0. The molecule has 10 heteroatoms. The molecule has 0 spiro atoms. The van der Waals surface area contributed by atoms with Gasteiger partial charge in [-0.1, -0.05) is 0 Å². The topological polar surface area (TPSA) is 72.8 Å². The number of benzene rings is 1. The fourth-order valence-electron chi connectivity index (χ4n) is 1.77. The van der Waals surface area contributed by atoms with Gasteiger partial charge in [-0.3, -0.25) is 10.2 Å². The molecule has 1 N–H and O–H groups in total. The first kappa shape index (κ1) is 18.7. The third-order valence-electron chi connectivity index (χ3n) is 2.74. The van der Waals surface area contributed by atoms with Crippen molar-refractivity contribution in [1.29, 1.82) is 0 Å². The van der Waals surface area contributed by atoms with E-state index in [0.29, 0.717) is 17.4 Å². The lowest BCUT2D eigenvalue weighted by molar-refractivity contribution is -0.142. The van der Waals surface area contributed by atoms with Gasteiger partial charge < -0.3 is 9.47 Å². The van der Waals surface area contributed by atoms with Crippen molar-refractivity contribution in [2.45, 2.75) is 20.0 Å². The number of rotatable bonds is 8. The van der Waals surface area contributed by atoms with E-state index in [1.807, 2.05) is 0 Å². The molecule has 25 heavy (non-hydrogen) atoms. The molecule has 1 heterocycles. The van der Waals surface area contributed by atoms with Crippen molar-refractivity contribution >= 4 is 28.7 Å². The third-order valence-corrected chi connectivity index (χ3v) is 3.53. The molecule has 0 unspecified atom stereocenters. The lowest BCUT2D eigenvalue weighted by atomic mass is 10.2. The number of nitrogens with zero attached hydrogens (tertiary/aromatic N) is 2. The number of nitrogens with one attached hydrogen (secondary N) is 1. The quantitative estimate of drug-likeness (QED) is 0.436. The van der Waals surface area contributed by atoms with Gasteiger partial charge in [0.05, 0.1) is 24.9 Å². The number of hydrazone groups is 1. The molecular weight excluding hydrogens is 359 g/mol. The highest BCUT2D eigenvalue weighted by Crippen LogP contribution is 2.21. The summed E-state index contributed by atoms with van der Waals surface area (Å²) in [5.41, 5.74) is 3.28. The highest BCUT2D eigenvalue weighted by atomic mass is 32.1. The molecule has 2 aromatic rings. The Bertz CT molecular complexity index is 753. The molecule has 0 saturated carbocycles. The summed E-state index contributed by atoms with van der Waals surface area (Å²) in [5.74, 6) is -1.42. The Morgan fingerprint density at radius 1 is 1.48 bits per heavy atom. The molecule has 134 valence electrons. The molecule has 0 aliphatic carbocycles. The van der Waals surface area contributed by atoms with Gasteiger partial charge in [0, 0.05) is 17.0 Å². The predicted molar refractivity (Wildman–Crippen MR) is 86.7 cm³/mol. The van der Waals surface area contributed by atoms with Crippen molar-refractivity contribution in [1.82, 2.24) is 4.98 Å². The maximum atomic E-state index is 13.1. The number of ether oxygens (including phenoxy) is 2. The van der Waals surface area contributed by atoms with Crippen LogP contribution >= 0.6 is 11.3 Å². The molecule has 2 rings (SSSR count). The minimum atomic E-state index is -3.08. The largest absolute Gasteiger partial charge is 0.466 e. The van der Waals surface area contributed by atoms with Crippen molar-refractivity contribution in [2.75, 3.05) is 12.0 Å². The van der Waals surface area contributed by atoms with Gasteiger partial charge in [-0.05, 0) is 19.1 Å². The second kappa shape index (κ2) is 9.02. The van der Waals surface area contributed by atoms with Crippen LogP contribution in [-0.2, 0) is 16.0 Å². The molecule has 0 aliphatic heterocycles. The van der Waals surface area contributed by atoms with Crippen molar-refractivity contribution in [2.24, 2.45) is 5.10 Å². The molecule has 0 amide bonds. The van der Waals surface area contributed by atoms with Crippen molar-refractivity contribution in [3.05, 3.63) is 40.7 Å².